The zero-order valence-corrected chi connectivity index (χ0v) is 19.8. The predicted molar refractivity (Wildman–Crippen MR) is 130 cm³/mol. The third kappa shape index (κ3) is 4.85. The summed E-state index contributed by atoms with van der Waals surface area (Å²) < 4.78 is 0.974. The second kappa shape index (κ2) is 9.82. The third-order valence-corrected chi connectivity index (χ3v) is 7.64. The zero-order chi connectivity index (χ0) is 22.7. The number of hydrogen-bond acceptors (Lipinski definition) is 4. The highest BCUT2D eigenvalue weighted by Crippen LogP contribution is 2.29. The molecule has 1 aromatic heterocycles. The van der Waals surface area contributed by atoms with Gasteiger partial charge >= 0.3 is 0 Å². The number of carbonyl (C=O) groups excluding carboxylic acids is 2. The fraction of sp³-hybridized carbons (Fsp3) is 0.423. The summed E-state index contributed by atoms with van der Waals surface area (Å²) in [5.74, 6) is 0.297. The van der Waals surface area contributed by atoms with Gasteiger partial charge in [-0.3, -0.25) is 9.59 Å². The molecule has 3 aromatic rings. The van der Waals surface area contributed by atoms with Gasteiger partial charge in [-0.1, -0.05) is 62.2 Å². The van der Waals surface area contributed by atoms with Crippen LogP contribution in [0.1, 0.15) is 60.0 Å². The fourth-order valence-electron chi connectivity index (χ4n) is 4.32. The van der Waals surface area contributed by atoms with Gasteiger partial charge in [-0.2, -0.15) is 0 Å². The summed E-state index contributed by atoms with van der Waals surface area (Å²) in [6, 6.07) is 15.9. The van der Waals surface area contributed by atoms with Gasteiger partial charge in [0.2, 0.25) is 5.91 Å². The Labute approximate surface area is 193 Å². The summed E-state index contributed by atoms with van der Waals surface area (Å²) in [4.78, 5) is 32.8. The number of para-hydroxylation sites is 1. The first-order valence-corrected chi connectivity index (χ1v) is 12.3. The maximum atomic E-state index is 13.4. The molecule has 2 heterocycles. The molecule has 0 spiro atoms. The summed E-state index contributed by atoms with van der Waals surface area (Å²) >= 11 is 1.36. The molecule has 168 valence electrons. The maximum Gasteiger partial charge on any atom is 0.280 e. The van der Waals surface area contributed by atoms with Gasteiger partial charge < -0.3 is 10.2 Å². The van der Waals surface area contributed by atoms with Crippen LogP contribution in [-0.2, 0) is 4.79 Å². The van der Waals surface area contributed by atoms with Gasteiger partial charge in [0.15, 0.2) is 5.01 Å². The summed E-state index contributed by atoms with van der Waals surface area (Å²) in [6.07, 6.45) is 2.72. The minimum atomic E-state index is -0.532. The van der Waals surface area contributed by atoms with Crippen LogP contribution in [0.3, 0.4) is 0 Å². The number of benzene rings is 2. The van der Waals surface area contributed by atoms with E-state index in [2.05, 4.69) is 48.4 Å². The minimum Gasteiger partial charge on any atom is -0.341 e. The van der Waals surface area contributed by atoms with Crippen LogP contribution in [0.15, 0.2) is 48.5 Å². The van der Waals surface area contributed by atoms with Gasteiger partial charge in [-0.25, -0.2) is 4.98 Å². The molecule has 1 N–H and O–H groups in total. The van der Waals surface area contributed by atoms with Crippen LogP contribution in [-0.4, -0.2) is 40.8 Å². The molecule has 0 aliphatic carbocycles. The van der Waals surface area contributed by atoms with E-state index in [1.54, 1.807) is 0 Å². The molecular weight excluding hydrogens is 418 g/mol. The van der Waals surface area contributed by atoms with E-state index >= 15 is 0 Å². The van der Waals surface area contributed by atoms with Crippen LogP contribution in [0, 0.1) is 12.8 Å². The smallest absolute Gasteiger partial charge is 0.280 e. The summed E-state index contributed by atoms with van der Waals surface area (Å²) in [7, 11) is 0. The molecule has 4 rings (SSSR count). The van der Waals surface area contributed by atoms with Crippen molar-refractivity contribution < 1.29 is 9.59 Å². The number of nitrogens with zero attached hydrogens (tertiary/aromatic N) is 2. The van der Waals surface area contributed by atoms with Gasteiger partial charge in [0, 0.05) is 13.1 Å². The molecule has 1 aliphatic rings. The molecule has 2 aromatic carbocycles. The number of piperidine rings is 1. The summed E-state index contributed by atoms with van der Waals surface area (Å²) in [5.41, 5.74) is 3.43. The molecule has 32 heavy (non-hydrogen) atoms. The molecule has 6 heteroatoms. The number of hydrogen-bond donors (Lipinski definition) is 1. The van der Waals surface area contributed by atoms with Crippen molar-refractivity contribution in [1.29, 1.82) is 0 Å². The molecule has 0 radical (unpaired) electrons. The maximum absolute atomic E-state index is 13.4. The third-order valence-electron chi connectivity index (χ3n) is 6.61. The highest BCUT2D eigenvalue weighted by molar-refractivity contribution is 7.20. The molecule has 1 fully saturated rings. The number of rotatable bonds is 6. The topological polar surface area (TPSA) is 62.3 Å². The van der Waals surface area contributed by atoms with Crippen molar-refractivity contribution >= 4 is 33.4 Å². The Morgan fingerprint density at radius 2 is 1.81 bits per heavy atom. The summed E-state index contributed by atoms with van der Waals surface area (Å²) in [6.45, 7) is 7.63. The average molecular weight is 450 g/mol. The van der Waals surface area contributed by atoms with Gasteiger partial charge in [0.1, 0.15) is 6.04 Å². The zero-order valence-electron chi connectivity index (χ0n) is 19.0. The Bertz CT molecular complexity index is 1050. The SMILES string of the molecule is CC[C@H](C)[C@@H](NC(=O)c1nc2ccccc2s1)C(=O)N1CCC(c2ccc(C)cc2)CC1. The van der Waals surface area contributed by atoms with Crippen LogP contribution in [0.25, 0.3) is 10.2 Å². The largest absolute Gasteiger partial charge is 0.341 e. The molecule has 5 nitrogen and oxygen atoms in total. The van der Waals surface area contributed by atoms with E-state index in [1.165, 1.54) is 22.5 Å². The number of nitrogens with one attached hydrogen (secondary N) is 1. The van der Waals surface area contributed by atoms with Crippen molar-refractivity contribution in [3.8, 4) is 0 Å². The second-order valence-corrected chi connectivity index (χ2v) is 9.86. The number of aryl methyl sites for hydroxylation is 1. The lowest BCUT2D eigenvalue weighted by Crippen LogP contribution is -2.53. The number of amides is 2. The van der Waals surface area contributed by atoms with Crippen molar-refractivity contribution in [2.45, 2.75) is 52.0 Å². The number of likely N-dealkylation sites (tertiary alicyclic amines) is 1. The number of carbonyl (C=O) groups is 2. The van der Waals surface area contributed by atoms with Crippen molar-refractivity contribution in [2.75, 3.05) is 13.1 Å². The van der Waals surface area contributed by atoms with E-state index in [-0.39, 0.29) is 17.7 Å². The van der Waals surface area contributed by atoms with Gasteiger partial charge in [0.05, 0.1) is 10.2 Å². The Hall–Kier alpha value is -2.73. The van der Waals surface area contributed by atoms with E-state index in [0.29, 0.717) is 10.9 Å². The molecular formula is C26H31N3O2S. The Balaban J connectivity index is 1.43. The Morgan fingerprint density at radius 3 is 2.47 bits per heavy atom. The standard InChI is InChI=1S/C26H31N3O2S/c1-4-18(3)23(28-24(30)25-27-21-7-5-6-8-22(21)32-25)26(31)29-15-13-20(14-16-29)19-11-9-17(2)10-12-19/h5-12,18,20,23H,4,13-16H2,1-3H3,(H,28,30)/t18-,23+/m0/s1. The first kappa shape index (κ1) is 22.5. The molecule has 2 amide bonds. The summed E-state index contributed by atoms with van der Waals surface area (Å²) in [5, 5.41) is 3.42. The van der Waals surface area contributed by atoms with Crippen LogP contribution < -0.4 is 5.32 Å². The lowest BCUT2D eigenvalue weighted by Gasteiger charge is -2.36. The van der Waals surface area contributed by atoms with Crippen molar-refractivity contribution in [3.05, 3.63) is 64.7 Å². The first-order valence-electron chi connectivity index (χ1n) is 11.5. The Morgan fingerprint density at radius 1 is 1.12 bits per heavy atom. The molecule has 0 unspecified atom stereocenters. The quantitative estimate of drug-likeness (QED) is 0.566. The molecule has 1 aliphatic heterocycles. The molecule has 0 bridgehead atoms. The number of aromatic nitrogens is 1. The monoisotopic (exact) mass is 449 g/mol. The lowest BCUT2D eigenvalue weighted by molar-refractivity contribution is -0.135. The number of fused-ring (bicyclic) bond motifs is 1. The van der Waals surface area contributed by atoms with Crippen LogP contribution >= 0.6 is 11.3 Å². The van der Waals surface area contributed by atoms with E-state index < -0.39 is 6.04 Å². The first-order chi connectivity index (χ1) is 15.5. The molecule has 2 atom stereocenters. The molecule has 0 saturated carbocycles. The lowest BCUT2D eigenvalue weighted by atomic mass is 9.88. The van der Waals surface area contributed by atoms with E-state index in [0.717, 1.165) is 42.6 Å². The minimum absolute atomic E-state index is 0.0242. The fourth-order valence-corrected chi connectivity index (χ4v) is 5.19. The molecule has 1 saturated heterocycles. The van der Waals surface area contributed by atoms with Crippen molar-refractivity contribution in [2.24, 2.45) is 5.92 Å². The van der Waals surface area contributed by atoms with Gasteiger partial charge in [-0.05, 0) is 49.3 Å². The van der Waals surface area contributed by atoms with Crippen LogP contribution in [0.2, 0.25) is 0 Å². The predicted octanol–water partition coefficient (Wildman–Crippen LogP) is 5.16. The average Bonchev–Trinajstić information content (AvgIpc) is 3.27. The second-order valence-electron chi connectivity index (χ2n) is 8.83. The van der Waals surface area contributed by atoms with Gasteiger partial charge in [-0.15, -0.1) is 11.3 Å². The van der Waals surface area contributed by atoms with E-state index in [9.17, 15) is 9.59 Å². The highest BCUT2D eigenvalue weighted by Gasteiger charge is 2.33. The van der Waals surface area contributed by atoms with Gasteiger partial charge in [0.25, 0.3) is 5.91 Å². The van der Waals surface area contributed by atoms with Crippen molar-refractivity contribution in [3.63, 3.8) is 0 Å². The van der Waals surface area contributed by atoms with E-state index in [4.69, 9.17) is 0 Å². The number of thiazole rings is 1. The van der Waals surface area contributed by atoms with E-state index in [1.807, 2.05) is 36.1 Å². The Kier molecular flexibility index (Phi) is 6.89. The van der Waals surface area contributed by atoms with Crippen molar-refractivity contribution in [1.82, 2.24) is 15.2 Å². The normalized spacial score (nSPS) is 16.7. The van der Waals surface area contributed by atoms with Crippen LogP contribution in [0.5, 0.6) is 0 Å². The van der Waals surface area contributed by atoms with Crippen LogP contribution in [0.4, 0.5) is 0 Å². The highest BCUT2D eigenvalue weighted by atomic mass is 32.1.